The molecule has 0 radical (unpaired) electrons. The van der Waals surface area contributed by atoms with Gasteiger partial charge in [0.1, 0.15) is 0 Å². The van der Waals surface area contributed by atoms with Crippen LogP contribution in [0.3, 0.4) is 0 Å². The van der Waals surface area contributed by atoms with Gasteiger partial charge in [-0.05, 0) is 12.5 Å². The van der Waals surface area contributed by atoms with Crippen molar-refractivity contribution in [3.8, 4) is 0 Å². The Morgan fingerprint density at radius 3 is 3.07 bits per heavy atom. The summed E-state index contributed by atoms with van der Waals surface area (Å²) in [5, 5.41) is 2.68. The molecular formula is C11H14N2O2. The Morgan fingerprint density at radius 2 is 2.40 bits per heavy atom. The minimum Gasteiger partial charge on any atom is -0.361 e. The molecule has 1 amide bonds. The Morgan fingerprint density at radius 1 is 1.60 bits per heavy atom. The Kier molecular flexibility index (Phi) is 4.34. The lowest BCUT2D eigenvalue weighted by molar-refractivity contribution is -0.118. The van der Waals surface area contributed by atoms with Gasteiger partial charge in [-0.15, -0.1) is 0 Å². The van der Waals surface area contributed by atoms with E-state index in [0.29, 0.717) is 6.54 Å². The molecule has 0 aliphatic rings. The van der Waals surface area contributed by atoms with Gasteiger partial charge in [0.15, 0.2) is 5.43 Å². The van der Waals surface area contributed by atoms with Gasteiger partial charge in [0.05, 0.1) is 0 Å². The molecule has 2 N–H and O–H groups in total. The molecule has 0 fully saturated rings. The highest BCUT2D eigenvalue weighted by Crippen LogP contribution is 1.94. The van der Waals surface area contributed by atoms with Crippen molar-refractivity contribution in [3.05, 3.63) is 40.3 Å². The van der Waals surface area contributed by atoms with Crippen LogP contribution in [0.4, 0.5) is 0 Å². The summed E-state index contributed by atoms with van der Waals surface area (Å²) in [6.07, 6.45) is 6.08. The maximum absolute atomic E-state index is 11.0. The van der Waals surface area contributed by atoms with Crippen molar-refractivity contribution in [2.24, 2.45) is 0 Å². The van der Waals surface area contributed by atoms with E-state index in [4.69, 9.17) is 0 Å². The molecule has 0 spiro atoms. The van der Waals surface area contributed by atoms with Crippen LogP contribution in [-0.2, 0) is 4.79 Å². The first-order valence-corrected chi connectivity index (χ1v) is 4.78. The van der Waals surface area contributed by atoms with Crippen molar-refractivity contribution >= 4 is 12.0 Å². The van der Waals surface area contributed by atoms with Gasteiger partial charge >= 0.3 is 0 Å². The summed E-state index contributed by atoms with van der Waals surface area (Å²) >= 11 is 0. The number of H-pyrrole nitrogens is 1. The number of hydrogen-bond donors (Lipinski definition) is 2. The van der Waals surface area contributed by atoms with Gasteiger partial charge in [0.25, 0.3) is 0 Å². The van der Waals surface area contributed by atoms with Crippen LogP contribution in [0.1, 0.15) is 19.0 Å². The van der Waals surface area contributed by atoms with E-state index in [1.807, 2.05) is 12.2 Å². The number of aromatic nitrogens is 1. The molecule has 0 saturated carbocycles. The third-order valence-electron chi connectivity index (χ3n) is 1.78. The maximum Gasteiger partial charge on any atom is 0.216 e. The predicted molar refractivity (Wildman–Crippen MR) is 59.4 cm³/mol. The average molecular weight is 206 g/mol. The molecular weight excluding hydrogens is 192 g/mol. The van der Waals surface area contributed by atoms with Crippen LogP contribution in [0, 0.1) is 0 Å². The zero-order chi connectivity index (χ0) is 11.1. The lowest BCUT2D eigenvalue weighted by Crippen LogP contribution is -2.20. The third kappa shape index (κ3) is 4.81. The van der Waals surface area contributed by atoms with Crippen molar-refractivity contribution in [1.82, 2.24) is 10.3 Å². The normalized spacial score (nSPS) is 10.5. The monoisotopic (exact) mass is 206 g/mol. The first-order chi connectivity index (χ1) is 7.18. The molecule has 4 nitrogen and oxygen atoms in total. The van der Waals surface area contributed by atoms with E-state index < -0.39 is 0 Å². The van der Waals surface area contributed by atoms with E-state index in [0.717, 1.165) is 12.1 Å². The molecule has 1 aromatic rings. The topological polar surface area (TPSA) is 62.0 Å². The van der Waals surface area contributed by atoms with Gasteiger partial charge in [0.2, 0.25) is 5.91 Å². The van der Waals surface area contributed by atoms with Crippen molar-refractivity contribution in [1.29, 1.82) is 0 Å². The fraction of sp³-hybridized carbons (Fsp3) is 0.273. The summed E-state index contributed by atoms with van der Waals surface area (Å²) in [4.78, 5) is 24.4. The van der Waals surface area contributed by atoms with Gasteiger partial charge in [-0.2, -0.15) is 0 Å². The lowest BCUT2D eigenvalue weighted by atomic mass is 10.3. The zero-order valence-corrected chi connectivity index (χ0v) is 8.62. The molecule has 0 saturated heterocycles. The third-order valence-corrected chi connectivity index (χ3v) is 1.78. The number of carbonyl (C=O) groups is 1. The maximum atomic E-state index is 11.0. The van der Waals surface area contributed by atoms with Crippen LogP contribution >= 0.6 is 0 Å². The molecule has 80 valence electrons. The van der Waals surface area contributed by atoms with Crippen molar-refractivity contribution < 1.29 is 4.79 Å². The summed E-state index contributed by atoms with van der Waals surface area (Å²) in [6.45, 7) is 2.10. The highest BCUT2D eigenvalue weighted by molar-refractivity contribution is 5.72. The highest BCUT2D eigenvalue weighted by atomic mass is 16.1. The van der Waals surface area contributed by atoms with Gasteiger partial charge in [0, 0.05) is 37.5 Å². The summed E-state index contributed by atoms with van der Waals surface area (Å²) in [5.74, 6) is -0.0310. The SMILES string of the molecule is CC(=O)NCCC=Cc1cc(=O)cc[nH]1. The largest absolute Gasteiger partial charge is 0.361 e. The Balaban J connectivity index is 2.38. The summed E-state index contributed by atoms with van der Waals surface area (Å²) in [5.41, 5.74) is 0.751. The van der Waals surface area contributed by atoms with Crippen LogP contribution in [0.5, 0.6) is 0 Å². The summed E-state index contributed by atoms with van der Waals surface area (Å²) in [6, 6.07) is 2.99. The summed E-state index contributed by atoms with van der Waals surface area (Å²) < 4.78 is 0. The minimum atomic E-state index is -0.0310. The van der Waals surface area contributed by atoms with E-state index in [1.54, 1.807) is 6.20 Å². The van der Waals surface area contributed by atoms with Crippen LogP contribution < -0.4 is 10.7 Å². The minimum absolute atomic E-state index is 0.0183. The second-order valence-corrected chi connectivity index (χ2v) is 3.15. The van der Waals surface area contributed by atoms with Gasteiger partial charge < -0.3 is 10.3 Å². The van der Waals surface area contributed by atoms with Crippen LogP contribution in [0.25, 0.3) is 6.08 Å². The molecule has 0 unspecified atom stereocenters. The van der Waals surface area contributed by atoms with E-state index >= 15 is 0 Å². The van der Waals surface area contributed by atoms with Crippen molar-refractivity contribution in [3.63, 3.8) is 0 Å². The van der Waals surface area contributed by atoms with Crippen LogP contribution in [0.15, 0.2) is 29.2 Å². The molecule has 0 bridgehead atoms. The molecule has 0 atom stereocenters. The molecule has 1 heterocycles. The van der Waals surface area contributed by atoms with Gasteiger partial charge in [-0.25, -0.2) is 0 Å². The number of pyridine rings is 1. The van der Waals surface area contributed by atoms with E-state index in [2.05, 4.69) is 10.3 Å². The zero-order valence-electron chi connectivity index (χ0n) is 8.62. The first-order valence-electron chi connectivity index (χ1n) is 4.78. The number of hydrogen-bond acceptors (Lipinski definition) is 2. The van der Waals surface area contributed by atoms with E-state index in [-0.39, 0.29) is 11.3 Å². The predicted octanol–water partition coefficient (Wildman–Crippen LogP) is 0.914. The number of nitrogens with one attached hydrogen (secondary N) is 2. The number of carbonyl (C=O) groups excluding carboxylic acids is 1. The van der Waals surface area contributed by atoms with Crippen LogP contribution in [-0.4, -0.2) is 17.4 Å². The first kappa shape index (κ1) is 11.2. The van der Waals surface area contributed by atoms with Crippen molar-refractivity contribution in [2.45, 2.75) is 13.3 Å². The van der Waals surface area contributed by atoms with Gasteiger partial charge in [-0.3, -0.25) is 9.59 Å². The molecule has 1 rings (SSSR count). The average Bonchev–Trinajstić information content (AvgIpc) is 2.17. The fourth-order valence-electron chi connectivity index (χ4n) is 1.10. The fourth-order valence-corrected chi connectivity index (χ4v) is 1.10. The smallest absolute Gasteiger partial charge is 0.216 e. The number of amides is 1. The van der Waals surface area contributed by atoms with Gasteiger partial charge in [-0.1, -0.05) is 6.08 Å². The Bertz CT molecular complexity index is 407. The lowest BCUT2D eigenvalue weighted by Gasteiger charge is -1.96. The second-order valence-electron chi connectivity index (χ2n) is 3.15. The highest BCUT2D eigenvalue weighted by Gasteiger charge is 1.88. The second kappa shape index (κ2) is 5.80. The van der Waals surface area contributed by atoms with E-state index in [1.165, 1.54) is 19.1 Å². The standard InChI is InChI=1S/C11H14N2O2/c1-9(14)12-6-3-2-4-10-8-11(15)5-7-13-10/h2,4-5,7-8H,3,6H2,1H3,(H,12,14)(H,13,15). The molecule has 15 heavy (non-hydrogen) atoms. The quantitative estimate of drug-likeness (QED) is 0.719. The number of aromatic amines is 1. The molecule has 4 heteroatoms. The molecule has 0 aliphatic heterocycles. The number of rotatable bonds is 4. The Hall–Kier alpha value is -1.84. The molecule has 0 aromatic carbocycles. The Labute approximate surface area is 88.0 Å². The summed E-state index contributed by atoms with van der Waals surface area (Å²) in [7, 11) is 0. The van der Waals surface area contributed by atoms with E-state index in [9.17, 15) is 9.59 Å². The van der Waals surface area contributed by atoms with Crippen LogP contribution in [0.2, 0.25) is 0 Å². The van der Waals surface area contributed by atoms with Crippen molar-refractivity contribution in [2.75, 3.05) is 6.54 Å². The molecule has 1 aromatic heterocycles. The molecule has 0 aliphatic carbocycles.